The van der Waals surface area contributed by atoms with Crippen molar-refractivity contribution in [3.63, 3.8) is 0 Å². The number of nitro benzene ring substituents is 1. The highest BCUT2D eigenvalue weighted by Gasteiger charge is 2.29. The van der Waals surface area contributed by atoms with Gasteiger partial charge in [-0.2, -0.15) is 0 Å². The van der Waals surface area contributed by atoms with Crippen LogP contribution >= 0.6 is 11.8 Å². The molecule has 0 saturated heterocycles. The molecule has 0 aliphatic carbocycles. The van der Waals surface area contributed by atoms with Gasteiger partial charge < -0.3 is 4.90 Å². The maximum Gasteiger partial charge on any atom is 0.270 e. The third-order valence-electron chi connectivity index (χ3n) is 2.50. The molecule has 16 heavy (non-hydrogen) atoms. The smallest absolute Gasteiger partial charge is 0.270 e. The Bertz CT molecular complexity index is 475. The Morgan fingerprint density at radius 1 is 1.50 bits per heavy atom. The molecule has 1 aliphatic rings. The summed E-state index contributed by atoms with van der Waals surface area (Å²) in [6.07, 6.45) is 0. The molecule has 1 atom stereocenters. The monoisotopic (exact) mass is 238 g/mol. The second-order valence-corrected chi connectivity index (χ2v) is 4.95. The van der Waals surface area contributed by atoms with Crippen molar-refractivity contribution in [2.45, 2.75) is 17.1 Å². The van der Waals surface area contributed by atoms with Crippen molar-refractivity contribution < 1.29 is 9.72 Å². The fourth-order valence-corrected chi connectivity index (χ4v) is 2.77. The highest BCUT2D eigenvalue weighted by atomic mass is 32.2. The topological polar surface area (TPSA) is 63.5 Å². The number of carbonyl (C=O) groups is 1. The molecule has 0 saturated carbocycles. The van der Waals surface area contributed by atoms with Crippen LogP contribution in [0.1, 0.15) is 6.92 Å². The van der Waals surface area contributed by atoms with E-state index in [9.17, 15) is 14.9 Å². The number of thioether (sulfide) groups is 1. The second kappa shape index (κ2) is 3.79. The van der Waals surface area contributed by atoms with Gasteiger partial charge in [0, 0.05) is 24.1 Å². The van der Waals surface area contributed by atoms with Gasteiger partial charge in [0.15, 0.2) is 0 Å². The minimum Gasteiger partial charge on any atom is -0.313 e. The van der Waals surface area contributed by atoms with E-state index in [2.05, 4.69) is 0 Å². The highest BCUT2D eigenvalue weighted by Crippen LogP contribution is 2.40. The van der Waals surface area contributed by atoms with Gasteiger partial charge in [-0.15, -0.1) is 11.8 Å². The summed E-state index contributed by atoms with van der Waals surface area (Å²) in [6.45, 7) is 1.80. The summed E-state index contributed by atoms with van der Waals surface area (Å²) in [5.41, 5.74) is 0.792. The number of nitrogens with zero attached hydrogens (tertiary/aromatic N) is 2. The van der Waals surface area contributed by atoms with Crippen molar-refractivity contribution in [3.05, 3.63) is 28.3 Å². The minimum atomic E-state index is -0.429. The van der Waals surface area contributed by atoms with Crippen molar-refractivity contribution >= 4 is 29.0 Å². The largest absolute Gasteiger partial charge is 0.313 e. The summed E-state index contributed by atoms with van der Waals surface area (Å²) in [7, 11) is 1.68. The van der Waals surface area contributed by atoms with E-state index in [-0.39, 0.29) is 16.8 Å². The van der Waals surface area contributed by atoms with Gasteiger partial charge in [0.05, 0.1) is 15.9 Å². The fourth-order valence-electron chi connectivity index (χ4n) is 1.62. The predicted molar refractivity (Wildman–Crippen MR) is 61.8 cm³/mol. The zero-order chi connectivity index (χ0) is 11.9. The van der Waals surface area contributed by atoms with E-state index in [1.807, 2.05) is 0 Å². The lowest BCUT2D eigenvalue weighted by atomic mass is 10.2. The number of non-ortho nitro benzene ring substituents is 1. The maximum absolute atomic E-state index is 11.7. The third kappa shape index (κ3) is 1.65. The summed E-state index contributed by atoms with van der Waals surface area (Å²) in [6, 6.07) is 4.54. The van der Waals surface area contributed by atoms with Crippen molar-refractivity contribution in [3.8, 4) is 0 Å². The maximum atomic E-state index is 11.7. The SMILES string of the molecule is CC1Sc2cc([N+](=O)[O-])ccc2N(C)C1=O. The number of carbonyl (C=O) groups excluding carboxylic acids is 1. The summed E-state index contributed by atoms with van der Waals surface area (Å²) < 4.78 is 0. The lowest BCUT2D eigenvalue weighted by Gasteiger charge is -2.28. The Hall–Kier alpha value is -1.56. The molecule has 1 amide bonds. The van der Waals surface area contributed by atoms with Crippen LogP contribution in [0.5, 0.6) is 0 Å². The van der Waals surface area contributed by atoms with Gasteiger partial charge in [-0.05, 0) is 13.0 Å². The van der Waals surface area contributed by atoms with Crippen LogP contribution in [0, 0.1) is 10.1 Å². The molecule has 5 nitrogen and oxygen atoms in total. The number of amides is 1. The number of rotatable bonds is 1. The number of hydrogen-bond acceptors (Lipinski definition) is 4. The quantitative estimate of drug-likeness (QED) is 0.555. The first kappa shape index (κ1) is 10.9. The van der Waals surface area contributed by atoms with Crippen LogP contribution < -0.4 is 4.90 Å². The lowest BCUT2D eigenvalue weighted by Crippen LogP contribution is -2.36. The van der Waals surface area contributed by atoms with E-state index in [1.165, 1.54) is 23.9 Å². The van der Waals surface area contributed by atoms with E-state index in [0.29, 0.717) is 0 Å². The number of hydrogen-bond donors (Lipinski definition) is 0. The van der Waals surface area contributed by atoms with Crippen LogP contribution in [-0.4, -0.2) is 23.1 Å². The van der Waals surface area contributed by atoms with Crippen molar-refractivity contribution in [2.24, 2.45) is 0 Å². The van der Waals surface area contributed by atoms with Crippen LogP contribution in [0.15, 0.2) is 23.1 Å². The van der Waals surface area contributed by atoms with Gasteiger partial charge in [0.25, 0.3) is 5.69 Å². The Kier molecular flexibility index (Phi) is 2.59. The first-order valence-electron chi connectivity index (χ1n) is 4.73. The second-order valence-electron chi connectivity index (χ2n) is 3.57. The Labute approximate surface area is 96.6 Å². The predicted octanol–water partition coefficient (Wildman–Crippen LogP) is 2.05. The van der Waals surface area contributed by atoms with E-state index in [1.54, 1.807) is 24.9 Å². The van der Waals surface area contributed by atoms with Crippen molar-refractivity contribution in [2.75, 3.05) is 11.9 Å². The molecule has 0 N–H and O–H groups in total. The normalized spacial score (nSPS) is 19.5. The van der Waals surface area contributed by atoms with E-state index in [0.717, 1.165) is 10.6 Å². The van der Waals surface area contributed by atoms with Crippen molar-refractivity contribution in [1.82, 2.24) is 0 Å². The summed E-state index contributed by atoms with van der Waals surface area (Å²) in [5.74, 6) is 0.0198. The summed E-state index contributed by atoms with van der Waals surface area (Å²) >= 11 is 1.36. The van der Waals surface area contributed by atoms with Crippen molar-refractivity contribution in [1.29, 1.82) is 0 Å². The van der Waals surface area contributed by atoms with E-state index in [4.69, 9.17) is 0 Å². The van der Waals surface area contributed by atoms with Crippen LogP contribution in [0.3, 0.4) is 0 Å². The number of fused-ring (bicyclic) bond motifs is 1. The molecule has 0 aromatic heterocycles. The molecule has 1 unspecified atom stereocenters. The average Bonchev–Trinajstić information content (AvgIpc) is 2.25. The summed E-state index contributed by atoms with van der Waals surface area (Å²) in [4.78, 5) is 24.2. The van der Waals surface area contributed by atoms with E-state index < -0.39 is 4.92 Å². The number of anilines is 1. The Morgan fingerprint density at radius 2 is 2.19 bits per heavy atom. The lowest BCUT2D eigenvalue weighted by molar-refractivity contribution is -0.385. The molecular weight excluding hydrogens is 228 g/mol. The van der Waals surface area contributed by atoms with Gasteiger partial charge in [-0.25, -0.2) is 0 Å². The zero-order valence-corrected chi connectivity index (χ0v) is 9.65. The van der Waals surface area contributed by atoms with Crippen LogP contribution in [0.2, 0.25) is 0 Å². The molecule has 0 bridgehead atoms. The average molecular weight is 238 g/mol. The van der Waals surface area contributed by atoms with Gasteiger partial charge in [0.2, 0.25) is 5.91 Å². The minimum absolute atomic E-state index is 0.0198. The molecule has 1 aromatic rings. The first-order chi connectivity index (χ1) is 7.50. The Morgan fingerprint density at radius 3 is 2.81 bits per heavy atom. The van der Waals surface area contributed by atoms with E-state index >= 15 is 0 Å². The van der Waals surface area contributed by atoms with Gasteiger partial charge >= 0.3 is 0 Å². The van der Waals surface area contributed by atoms with Crippen LogP contribution in [0.25, 0.3) is 0 Å². The standard InChI is InChI=1S/C10H10N2O3S/c1-6-10(13)11(2)8-4-3-7(12(14)15)5-9(8)16-6/h3-6H,1-2H3. The number of nitro groups is 1. The highest BCUT2D eigenvalue weighted by molar-refractivity contribution is 8.01. The third-order valence-corrected chi connectivity index (χ3v) is 3.63. The Balaban J connectivity index is 2.49. The molecule has 84 valence electrons. The number of benzene rings is 1. The molecular formula is C10H10N2O3S. The molecule has 0 spiro atoms. The zero-order valence-electron chi connectivity index (χ0n) is 8.84. The molecule has 0 radical (unpaired) electrons. The molecule has 2 rings (SSSR count). The molecule has 1 aliphatic heterocycles. The van der Waals surface area contributed by atoms with Gasteiger partial charge in [-0.1, -0.05) is 0 Å². The van der Waals surface area contributed by atoms with Gasteiger partial charge in [0.1, 0.15) is 0 Å². The summed E-state index contributed by atoms with van der Waals surface area (Å²) in [5, 5.41) is 10.4. The molecule has 1 heterocycles. The first-order valence-corrected chi connectivity index (χ1v) is 5.61. The molecule has 6 heteroatoms. The molecule has 0 fully saturated rings. The van der Waals surface area contributed by atoms with Gasteiger partial charge in [-0.3, -0.25) is 14.9 Å². The fraction of sp³-hybridized carbons (Fsp3) is 0.300. The van der Waals surface area contributed by atoms with Crippen LogP contribution in [0.4, 0.5) is 11.4 Å². The molecule has 1 aromatic carbocycles. The van der Waals surface area contributed by atoms with Crippen LogP contribution in [-0.2, 0) is 4.79 Å².